The SMILES string of the molecule is COc1ccc(CCCNC(=O)[C@@H]2COc3ccccc3O2)cc1OC. The van der Waals surface area contributed by atoms with Gasteiger partial charge in [-0.15, -0.1) is 0 Å². The summed E-state index contributed by atoms with van der Waals surface area (Å²) in [6.07, 6.45) is 1.02. The van der Waals surface area contributed by atoms with Crippen LogP contribution >= 0.6 is 0 Å². The summed E-state index contributed by atoms with van der Waals surface area (Å²) in [5, 5.41) is 2.90. The van der Waals surface area contributed by atoms with Crippen molar-refractivity contribution in [3.8, 4) is 23.0 Å². The van der Waals surface area contributed by atoms with Gasteiger partial charge in [0.2, 0.25) is 6.10 Å². The molecule has 0 spiro atoms. The van der Waals surface area contributed by atoms with Crippen molar-refractivity contribution in [2.45, 2.75) is 18.9 Å². The van der Waals surface area contributed by atoms with Crippen molar-refractivity contribution in [1.82, 2.24) is 5.32 Å². The molecule has 1 aliphatic heterocycles. The van der Waals surface area contributed by atoms with Gasteiger partial charge < -0.3 is 24.3 Å². The smallest absolute Gasteiger partial charge is 0.264 e. The molecule has 1 amide bonds. The third-order valence-corrected chi connectivity index (χ3v) is 4.19. The van der Waals surface area contributed by atoms with Gasteiger partial charge in [0, 0.05) is 6.54 Å². The number of carbonyl (C=O) groups excluding carboxylic acids is 1. The second-order valence-corrected chi connectivity index (χ2v) is 5.95. The largest absolute Gasteiger partial charge is 0.493 e. The number of nitrogens with one attached hydrogen (secondary N) is 1. The highest BCUT2D eigenvalue weighted by Gasteiger charge is 2.26. The van der Waals surface area contributed by atoms with Crippen molar-refractivity contribution < 1.29 is 23.7 Å². The lowest BCUT2D eigenvalue weighted by Gasteiger charge is -2.25. The number of hydrogen-bond acceptors (Lipinski definition) is 5. The molecule has 1 aliphatic rings. The van der Waals surface area contributed by atoms with Crippen molar-refractivity contribution in [2.75, 3.05) is 27.4 Å². The second-order valence-electron chi connectivity index (χ2n) is 5.95. The van der Waals surface area contributed by atoms with Gasteiger partial charge in [-0.3, -0.25) is 4.79 Å². The molecule has 0 saturated carbocycles. The van der Waals surface area contributed by atoms with Crippen LogP contribution in [-0.2, 0) is 11.2 Å². The maximum Gasteiger partial charge on any atom is 0.264 e. The van der Waals surface area contributed by atoms with E-state index in [9.17, 15) is 4.79 Å². The van der Waals surface area contributed by atoms with E-state index in [1.807, 2.05) is 36.4 Å². The molecular weight excluding hydrogens is 334 g/mol. The zero-order valence-electron chi connectivity index (χ0n) is 15.0. The Hall–Kier alpha value is -2.89. The number of carbonyl (C=O) groups is 1. The minimum Gasteiger partial charge on any atom is -0.493 e. The zero-order valence-corrected chi connectivity index (χ0v) is 15.0. The van der Waals surface area contributed by atoms with Crippen LogP contribution in [0, 0.1) is 0 Å². The number of rotatable bonds is 7. The summed E-state index contributed by atoms with van der Waals surface area (Å²) in [5.74, 6) is 2.53. The van der Waals surface area contributed by atoms with Gasteiger partial charge >= 0.3 is 0 Å². The van der Waals surface area contributed by atoms with Crippen LogP contribution in [-0.4, -0.2) is 39.4 Å². The zero-order chi connectivity index (χ0) is 18.4. The average molecular weight is 357 g/mol. The molecule has 2 aromatic rings. The Morgan fingerprint density at radius 2 is 1.88 bits per heavy atom. The summed E-state index contributed by atoms with van der Waals surface area (Å²) in [7, 11) is 3.23. The summed E-state index contributed by atoms with van der Waals surface area (Å²) in [4.78, 5) is 12.3. The van der Waals surface area contributed by atoms with E-state index in [0.29, 0.717) is 29.5 Å². The molecule has 0 saturated heterocycles. The summed E-state index contributed by atoms with van der Waals surface area (Å²) in [6, 6.07) is 13.2. The lowest BCUT2D eigenvalue weighted by molar-refractivity contribution is -0.130. The Morgan fingerprint density at radius 1 is 1.12 bits per heavy atom. The molecule has 138 valence electrons. The minimum atomic E-state index is -0.619. The summed E-state index contributed by atoms with van der Waals surface area (Å²) in [5.41, 5.74) is 1.13. The fraction of sp³-hybridized carbons (Fsp3) is 0.350. The molecule has 1 heterocycles. The van der Waals surface area contributed by atoms with E-state index in [2.05, 4.69) is 5.32 Å². The van der Waals surface area contributed by atoms with Gasteiger partial charge in [0.05, 0.1) is 14.2 Å². The van der Waals surface area contributed by atoms with Crippen molar-refractivity contribution in [3.63, 3.8) is 0 Å². The molecule has 6 heteroatoms. The van der Waals surface area contributed by atoms with Crippen LogP contribution in [0.5, 0.6) is 23.0 Å². The van der Waals surface area contributed by atoms with Gasteiger partial charge in [0.15, 0.2) is 23.0 Å². The second kappa shape index (κ2) is 8.47. The quantitative estimate of drug-likeness (QED) is 0.772. The van der Waals surface area contributed by atoms with Crippen LogP contribution in [0.3, 0.4) is 0 Å². The molecule has 0 bridgehead atoms. The van der Waals surface area contributed by atoms with E-state index in [1.54, 1.807) is 20.3 Å². The van der Waals surface area contributed by atoms with Crippen LogP contribution in [0.25, 0.3) is 0 Å². The maximum atomic E-state index is 12.3. The number of benzene rings is 2. The van der Waals surface area contributed by atoms with E-state index in [4.69, 9.17) is 18.9 Å². The van der Waals surface area contributed by atoms with Gasteiger partial charge in [-0.25, -0.2) is 0 Å². The summed E-state index contributed by atoms with van der Waals surface area (Å²) in [6.45, 7) is 0.785. The van der Waals surface area contributed by atoms with E-state index >= 15 is 0 Å². The van der Waals surface area contributed by atoms with Crippen LogP contribution < -0.4 is 24.3 Å². The molecule has 0 unspecified atom stereocenters. The number of hydrogen-bond donors (Lipinski definition) is 1. The highest BCUT2D eigenvalue weighted by atomic mass is 16.6. The van der Waals surface area contributed by atoms with Crippen molar-refractivity contribution in [1.29, 1.82) is 0 Å². The molecule has 2 aromatic carbocycles. The molecule has 0 radical (unpaired) electrons. The van der Waals surface area contributed by atoms with Crippen LogP contribution in [0.2, 0.25) is 0 Å². The number of fused-ring (bicyclic) bond motifs is 1. The number of para-hydroxylation sites is 2. The maximum absolute atomic E-state index is 12.3. The number of aryl methyl sites for hydroxylation is 1. The Balaban J connectivity index is 1.45. The van der Waals surface area contributed by atoms with Gasteiger partial charge in [-0.2, -0.15) is 0 Å². The highest BCUT2D eigenvalue weighted by molar-refractivity contribution is 5.81. The van der Waals surface area contributed by atoms with Crippen LogP contribution in [0.15, 0.2) is 42.5 Å². The summed E-state index contributed by atoms with van der Waals surface area (Å²) < 4.78 is 21.8. The summed E-state index contributed by atoms with van der Waals surface area (Å²) >= 11 is 0. The normalized spacial score (nSPS) is 15.2. The van der Waals surface area contributed by atoms with Crippen LogP contribution in [0.4, 0.5) is 0 Å². The monoisotopic (exact) mass is 357 g/mol. The van der Waals surface area contributed by atoms with Gasteiger partial charge in [-0.05, 0) is 42.7 Å². The fourth-order valence-electron chi connectivity index (χ4n) is 2.80. The number of ether oxygens (including phenoxy) is 4. The molecule has 6 nitrogen and oxygen atoms in total. The van der Waals surface area contributed by atoms with Gasteiger partial charge in [0.25, 0.3) is 5.91 Å². The predicted octanol–water partition coefficient (Wildman–Crippen LogP) is 2.59. The number of methoxy groups -OCH3 is 2. The number of amides is 1. The highest BCUT2D eigenvalue weighted by Crippen LogP contribution is 2.31. The van der Waals surface area contributed by atoms with E-state index in [1.165, 1.54) is 0 Å². The fourth-order valence-corrected chi connectivity index (χ4v) is 2.80. The Morgan fingerprint density at radius 3 is 2.65 bits per heavy atom. The lowest BCUT2D eigenvalue weighted by Crippen LogP contribution is -2.44. The molecule has 0 fully saturated rings. The predicted molar refractivity (Wildman–Crippen MR) is 97.2 cm³/mol. The van der Waals surface area contributed by atoms with Crippen molar-refractivity contribution in [2.24, 2.45) is 0 Å². The Bertz CT molecular complexity index is 762. The third-order valence-electron chi connectivity index (χ3n) is 4.19. The first-order valence-corrected chi connectivity index (χ1v) is 8.58. The minimum absolute atomic E-state index is 0.160. The molecule has 26 heavy (non-hydrogen) atoms. The van der Waals surface area contributed by atoms with Gasteiger partial charge in [0.1, 0.15) is 6.61 Å². The van der Waals surface area contributed by atoms with Crippen molar-refractivity contribution >= 4 is 5.91 Å². The topological polar surface area (TPSA) is 66.0 Å². The van der Waals surface area contributed by atoms with E-state index < -0.39 is 6.10 Å². The van der Waals surface area contributed by atoms with Crippen molar-refractivity contribution in [3.05, 3.63) is 48.0 Å². The first-order valence-electron chi connectivity index (χ1n) is 8.58. The standard InChI is InChI=1S/C20H23NO5/c1-23-15-10-9-14(12-18(15)24-2)6-5-11-21-20(22)19-13-25-16-7-3-4-8-17(16)26-19/h3-4,7-10,12,19H,5-6,11,13H2,1-2H3,(H,21,22)/t19-/m0/s1. The molecular formula is C20H23NO5. The lowest BCUT2D eigenvalue weighted by atomic mass is 10.1. The van der Waals surface area contributed by atoms with Gasteiger partial charge in [-0.1, -0.05) is 18.2 Å². The van der Waals surface area contributed by atoms with E-state index in [0.717, 1.165) is 18.4 Å². The Labute approximate surface area is 153 Å². The molecule has 1 N–H and O–H groups in total. The molecule has 0 aliphatic carbocycles. The molecule has 3 rings (SSSR count). The molecule has 1 atom stereocenters. The van der Waals surface area contributed by atoms with E-state index in [-0.39, 0.29) is 12.5 Å². The average Bonchev–Trinajstić information content (AvgIpc) is 2.70. The Kier molecular flexibility index (Phi) is 5.84. The first kappa shape index (κ1) is 17.9. The molecule has 0 aromatic heterocycles. The third kappa shape index (κ3) is 4.20. The first-order chi connectivity index (χ1) is 12.7. The van der Waals surface area contributed by atoms with Crippen LogP contribution in [0.1, 0.15) is 12.0 Å².